The van der Waals surface area contributed by atoms with Gasteiger partial charge in [0.25, 0.3) is 5.56 Å². The molecule has 1 aromatic heterocycles. The highest BCUT2D eigenvalue weighted by Gasteiger charge is 2.10. The summed E-state index contributed by atoms with van der Waals surface area (Å²) in [4.78, 5) is 34.6. The molecule has 23 heavy (non-hydrogen) atoms. The molecular weight excluding hydrogens is 300 g/mol. The standard InChI is InChI=1S/C15H16N4O4/c1-9-12(13(20)19(3)15(23)18(9)2)8-16-17-11-6-4-10(5-7-11)14(21)22/h4-8,17H,1-3H3,(H,21,22)/b16-8+. The van der Waals surface area contributed by atoms with Gasteiger partial charge >= 0.3 is 11.7 Å². The third kappa shape index (κ3) is 3.20. The van der Waals surface area contributed by atoms with E-state index in [4.69, 9.17) is 5.11 Å². The van der Waals surface area contributed by atoms with Crippen LogP contribution in [0.3, 0.4) is 0 Å². The predicted molar refractivity (Wildman–Crippen MR) is 86.3 cm³/mol. The Balaban J connectivity index is 2.26. The first-order valence-corrected chi connectivity index (χ1v) is 6.72. The van der Waals surface area contributed by atoms with Crippen molar-refractivity contribution in [3.05, 3.63) is 61.9 Å². The van der Waals surface area contributed by atoms with Gasteiger partial charge in [-0.25, -0.2) is 9.59 Å². The molecule has 2 rings (SSSR count). The number of hydrogen-bond donors (Lipinski definition) is 2. The van der Waals surface area contributed by atoms with Crippen LogP contribution in [-0.2, 0) is 14.1 Å². The summed E-state index contributed by atoms with van der Waals surface area (Å²) in [6.07, 6.45) is 1.34. The van der Waals surface area contributed by atoms with E-state index in [2.05, 4.69) is 10.5 Å². The summed E-state index contributed by atoms with van der Waals surface area (Å²) in [5, 5.41) is 12.8. The van der Waals surface area contributed by atoms with Crippen LogP contribution in [0.25, 0.3) is 0 Å². The molecule has 0 amide bonds. The van der Waals surface area contributed by atoms with Crippen molar-refractivity contribution < 1.29 is 9.90 Å². The zero-order valence-corrected chi connectivity index (χ0v) is 12.9. The summed E-state index contributed by atoms with van der Waals surface area (Å²) >= 11 is 0. The van der Waals surface area contributed by atoms with Gasteiger partial charge in [-0.2, -0.15) is 5.10 Å². The van der Waals surface area contributed by atoms with Crippen molar-refractivity contribution in [3.8, 4) is 0 Å². The fourth-order valence-electron chi connectivity index (χ4n) is 1.98. The minimum Gasteiger partial charge on any atom is -0.478 e. The molecule has 0 radical (unpaired) electrons. The molecule has 0 saturated heterocycles. The number of hydrogen-bond acceptors (Lipinski definition) is 5. The predicted octanol–water partition coefficient (Wildman–Crippen LogP) is 0.537. The average molecular weight is 316 g/mol. The maximum Gasteiger partial charge on any atom is 0.335 e. The molecular formula is C15H16N4O4. The molecule has 0 spiro atoms. The number of carboxylic acids is 1. The maximum absolute atomic E-state index is 12.1. The van der Waals surface area contributed by atoms with E-state index in [1.165, 1.54) is 30.0 Å². The Morgan fingerprint density at radius 1 is 1.17 bits per heavy atom. The molecule has 120 valence electrons. The molecule has 8 nitrogen and oxygen atoms in total. The van der Waals surface area contributed by atoms with E-state index in [0.717, 1.165) is 4.57 Å². The van der Waals surface area contributed by atoms with E-state index in [0.29, 0.717) is 16.9 Å². The highest BCUT2D eigenvalue weighted by molar-refractivity contribution is 5.88. The van der Waals surface area contributed by atoms with Crippen LogP contribution in [0.1, 0.15) is 21.6 Å². The van der Waals surface area contributed by atoms with Gasteiger partial charge in [-0.15, -0.1) is 0 Å². The third-order valence-electron chi connectivity index (χ3n) is 3.52. The third-order valence-corrected chi connectivity index (χ3v) is 3.52. The Morgan fingerprint density at radius 3 is 2.35 bits per heavy atom. The lowest BCUT2D eigenvalue weighted by molar-refractivity contribution is 0.0697. The number of aromatic carboxylic acids is 1. The van der Waals surface area contributed by atoms with Crippen molar-refractivity contribution in [2.45, 2.75) is 6.92 Å². The van der Waals surface area contributed by atoms with Crippen LogP contribution in [-0.4, -0.2) is 26.4 Å². The van der Waals surface area contributed by atoms with Crippen molar-refractivity contribution in [2.75, 3.05) is 5.43 Å². The van der Waals surface area contributed by atoms with Crippen molar-refractivity contribution in [3.63, 3.8) is 0 Å². The summed E-state index contributed by atoms with van der Waals surface area (Å²) in [6.45, 7) is 1.66. The summed E-state index contributed by atoms with van der Waals surface area (Å²) in [6, 6.07) is 6.01. The smallest absolute Gasteiger partial charge is 0.335 e. The number of benzene rings is 1. The molecule has 0 aliphatic carbocycles. The van der Waals surface area contributed by atoms with Gasteiger partial charge in [0.1, 0.15) is 0 Å². The van der Waals surface area contributed by atoms with Crippen LogP contribution in [0.5, 0.6) is 0 Å². The molecule has 2 N–H and O–H groups in total. The minimum absolute atomic E-state index is 0.169. The molecule has 2 aromatic rings. The molecule has 0 atom stereocenters. The van der Waals surface area contributed by atoms with E-state index in [9.17, 15) is 14.4 Å². The summed E-state index contributed by atoms with van der Waals surface area (Å²) in [7, 11) is 2.98. The van der Waals surface area contributed by atoms with Crippen molar-refractivity contribution in [2.24, 2.45) is 19.2 Å². The molecule has 1 heterocycles. The first-order chi connectivity index (χ1) is 10.8. The van der Waals surface area contributed by atoms with Gasteiger partial charge in [0.15, 0.2) is 0 Å². The second-order valence-electron chi connectivity index (χ2n) is 4.96. The molecule has 0 bridgehead atoms. The van der Waals surface area contributed by atoms with Crippen molar-refractivity contribution in [1.29, 1.82) is 0 Å². The van der Waals surface area contributed by atoms with Crippen LogP contribution in [0.15, 0.2) is 39.0 Å². The lowest BCUT2D eigenvalue weighted by atomic mass is 10.2. The number of nitrogens with one attached hydrogen (secondary N) is 1. The van der Waals surface area contributed by atoms with E-state index in [1.54, 1.807) is 26.1 Å². The van der Waals surface area contributed by atoms with Crippen LogP contribution < -0.4 is 16.7 Å². The molecule has 1 aromatic carbocycles. The SMILES string of the molecule is Cc1c(/C=N/Nc2ccc(C(=O)O)cc2)c(=O)n(C)c(=O)n1C. The Labute approximate surface area is 131 Å². The van der Waals surface area contributed by atoms with Gasteiger partial charge in [0.2, 0.25) is 0 Å². The van der Waals surface area contributed by atoms with Crippen LogP contribution in [0.4, 0.5) is 5.69 Å². The normalized spacial score (nSPS) is 10.9. The molecule has 0 unspecified atom stereocenters. The molecule has 0 aliphatic heterocycles. The molecule has 0 saturated carbocycles. The lowest BCUT2D eigenvalue weighted by Gasteiger charge is -2.08. The van der Waals surface area contributed by atoms with Gasteiger partial charge in [-0.3, -0.25) is 14.8 Å². The van der Waals surface area contributed by atoms with E-state index < -0.39 is 17.2 Å². The second kappa shape index (κ2) is 6.30. The number of aromatic nitrogens is 2. The monoisotopic (exact) mass is 316 g/mol. The van der Waals surface area contributed by atoms with Crippen molar-refractivity contribution >= 4 is 17.9 Å². The van der Waals surface area contributed by atoms with E-state index in [1.807, 2.05) is 0 Å². The fraction of sp³-hybridized carbons (Fsp3) is 0.200. The number of anilines is 1. The van der Waals surface area contributed by atoms with Gasteiger partial charge < -0.3 is 9.67 Å². The minimum atomic E-state index is -1.01. The number of hydrazone groups is 1. The average Bonchev–Trinajstić information content (AvgIpc) is 2.54. The number of carboxylic acid groups (broad SMARTS) is 1. The zero-order valence-electron chi connectivity index (χ0n) is 12.9. The number of rotatable bonds is 4. The van der Waals surface area contributed by atoms with Crippen LogP contribution in [0, 0.1) is 6.92 Å². The quantitative estimate of drug-likeness (QED) is 0.632. The Bertz CT molecular complexity index is 891. The number of nitrogens with zero attached hydrogens (tertiary/aromatic N) is 3. The second-order valence-corrected chi connectivity index (χ2v) is 4.96. The molecule has 0 fully saturated rings. The highest BCUT2D eigenvalue weighted by Crippen LogP contribution is 2.09. The van der Waals surface area contributed by atoms with E-state index in [-0.39, 0.29) is 5.56 Å². The van der Waals surface area contributed by atoms with Gasteiger partial charge in [0, 0.05) is 19.8 Å². The Morgan fingerprint density at radius 2 is 1.78 bits per heavy atom. The zero-order chi connectivity index (χ0) is 17.1. The van der Waals surface area contributed by atoms with Crippen LogP contribution >= 0.6 is 0 Å². The highest BCUT2D eigenvalue weighted by atomic mass is 16.4. The first-order valence-electron chi connectivity index (χ1n) is 6.72. The van der Waals surface area contributed by atoms with Gasteiger partial charge in [-0.05, 0) is 31.2 Å². The molecule has 0 aliphatic rings. The first kappa shape index (κ1) is 16.2. The van der Waals surface area contributed by atoms with Crippen molar-refractivity contribution in [1.82, 2.24) is 9.13 Å². The fourth-order valence-corrected chi connectivity index (χ4v) is 1.98. The van der Waals surface area contributed by atoms with Gasteiger partial charge in [0.05, 0.1) is 23.0 Å². The number of carbonyl (C=O) groups is 1. The molecule has 8 heteroatoms. The largest absolute Gasteiger partial charge is 0.478 e. The van der Waals surface area contributed by atoms with Crippen LogP contribution in [0.2, 0.25) is 0 Å². The lowest BCUT2D eigenvalue weighted by Crippen LogP contribution is -2.40. The maximum atomic E-state index is 12.1. The van der Waals surface area contributed by atoms with E-state index >= 15 is 0 Å². The Kier molecular flexibility index (Phi) is 4.44. The summed E-state index contributed by atoms with van der Waals surface area (Å²) < 4.78 is 2.38. The Hall–Kier alpha value is -3.16. The summed E-state index contributed by atoms with van der Waals surface area (Å²) in [5.74, 6) is -1.01. The summed E-state index contributed by atoms with van der Waals surface area (Å²) in [5.41, 5.74) is 3.42. The van der Waals surface area contributed by atoms with Gasteiger partial charge in [-0.1, -0.05) is 0 Å². The topological polar surface area (TPSA) is 106 Å².